The topological polar surface area (TPSA) is 110 Å². The van der Waals surface area contributed by atoms with Crippen LogP contribution in [0.4, 0.5) is 4.39 Å². The molecule has 3 aromatic rings. The number of nitrogens with zero attached hydrogens (tertiary/aromatic N) is 6. The van der Waals surface area contributed by atoms with Crippen molar-refractivity contribution < 1.29 is 13.9 Å². The molecule has 1 atom stereocenters. The van der Waals surface area contributed by atoms with Crippen LogP contribution in [0.5, 0.6) is 5.88 Å². The van der Waals surface area contributed by atoms with Crippen LogP contribution >= 0.6 is 0 Å². The number of hydrogen-bond donors (Lipinski definition) is 1. The van der Waals surface area contributed by atoms with E-state index in [9.17, 15) is 9.18 Å². The fourth-order valence-electron chi connectivity index (χ4n) is 4.48. The highest BCUT2D eigenvalue weighted by Crippen LogP contribution is 2.40. The number of aromatic nitrogens is 3. The van der Waals surface area contributed by atoms with Crippen molar-refractivity contribution in [2.45, 2.75) is 25.9 Å². The highest BCUT2D eigenvalue weighted by Gasteiger charge is 2.40. The van der Waals surface area contributed by atoms with Gasteiger partial charge >= 0.3 is 0 Å². The van der Waals surface area contributed by atoms with Gasteiger partial charge in [-0.05, 0) is 42.3 Å². The average molecular weight is 474 g/mol. The Bertz CT molecular complexity index is 1340. The predicted molar refractivity (Wildman–Crippen MR) is 127 cm³/mol. The zero-order valence-electron chi connectivity index (χ0n) is 19.3. The summed E-state index contributed by atoms with van der Waals surface area (Å²) in [6.07, 6.45) is 6.87. The van der Waals surface area contributed by atoms with E-state index in [1.165, 1.54) is 30.4 Å². The molecule has 1 aromatic carbocycles. The third-order valence-corrected chi connectivity index (χ3v) is 6.31. The first kappa shape index (κ1) is 22.6. The van der Waals surface area contributed by atoms with Crippen LogP contribution in [0.25, 0.3) is 11.3 Å². The second-order valence-electron chi connectivity index (χ2n) is 8.36. The molecule has 1 saturated heterocycles. The molecule has 2 N–H and O–H groups in total. The Labute approximate surface area is 201 Å². The fourth-order valence-corrected chi connectivity index (χ4v) is 4.48. The predicted octanol–water partition coefficient (Wildman–Crippen LogP) is 3.02. The molecule has 5 rings (SSSR count). The monoisotopic (exact) mass is 473 g/mol. The molecular weight excluding hydrogens is 449 g/mol. The summed E-state index contributed by atoms with van der Waals surface area (Å²) in [6.45, 7) is 2.43. The van der Waals surface area contributed by atoms with E-state index >= 15 is 0 Å². The van der Waals surface area contributed by atoms with Crippen molar-refractivity contribution in [1.82, 2.24) is 24.9 Å². The minimum atomic E-state index is -0.418. The van der Waals surface area contributed by atoms with Gasteiger partial charge in [0.15, 0.2) is 0 Å². The quantitative estimate of drug-likeness (QED) is 0.567. The number of carbonyl (C=O) groups excluding carboxylic acids is 1. The van der Waals surface area contributed by atoms with Gasteiger partial charge in [-0.1, -0.05) is 6.07 Å². The van der Waals surface area contributed by atoms with Gasteiger partial charge in [0.2, 0.25) is 5.88 Å². The molecule has 1 amide bonds. The highest BCUT2D eigenvalue weighted by molar-refractivity contribution is 6.24. The minimum absolute atomic E-state index is 0.184. The number of hydrogen-bond acceptors (Lipinski definition) is 8. The molecular formula is C25H24FN7O2. The van der Waals surface area contributed by atoms with E-state index in [1.807, 2.05) is 19.1 Å². The largest absolute Gasteiger partial charge is 0.480 e. The summed E-state index contributed by atoms with van der Waals surface area (Å²) in [5, 5.41) is 1.47. The van der Waals surface area contributed by atoms with Crippen LogP contribution in [-0.2, 0) is 11.3 Å². The Morgan fingerprint density at radius 3 is 2.74 bits per heavy atom. The molecule has 0 unspecified atom stereocenters. The Morgan fingerprint density at radius 2 is 1.97 bits per heavy atom. The lowest BCUT2D eigenvalue weighted by atomic mass is 9.85. The minimum Gasteiger partial charge on any atom is -0.480 e. The van der Waals surface area contributed by atoms with Crippen LogP contribution in [0.2, 0.25) is 0 Å². The zero-order valence-corrected chi connectivity index (χ0v) is 19.3. The van der Waals surface area contributed by atoms with Crippen molar-refractivity contribution in [3.63, 3.8) is 0 Å². The Hall–Kier alpha value is -4.18. The van der Waals surface area contributed by atoms with Crippen LogP contribution in [0.1, 0.15) is 30.5 Å². The number of amides is 1. The van der Waals surface area contributed by atoms with Gasteiger partial charge in [0.25, 0.3) is 5.91 Å². The van der Waals surface area contributed by atoms with Crippen molar-refractivity contribution in [2.75, 3.05) is 13.8 Å². The lowest BCUT2D eigenvalue weighted by molar-refractivity contribution is -0.130. The van der Waals surface area contributed by atoms with Gasteiger partial charge < -0.3 is 9.64 Å². The van der Waals surface area contributed by atoms with Crippen molar-refractivity contribution >= 4 is 11.6 Å². The number of rotatable bonds is 5. The van der Waals surface area contributed by atoms with Crippen molar-refractivity contribution in [3.05, 3.63) is 83.3 Å². The van der Waals surface area contributed by atoms with Crippen LogP contribution < -0.4 is 10.6 Å². The smallest absolute Gasteiger partial charge is 0.258 e. The zero-order chi connectivity index (χ0) is 24.5. The molecule has 0 bridgehead atoms. The Balaban J connectivity index is 1.65. The summed E-state index contributed by atoms with van der Waals surface area (Å²) in [6, 6.07) is 7.81. The number of halogens is 1. The van der Waals surface area contributed by atoms with E-state index in [-0.39, 0.29) is 12.6 Å². The van der Waals surface area contributed by atoms with Crippen molar-refractivity contribution in [2.24, 2.45) is 10.8 Å². The molecule has 4 heterocycles. The first-order chi connectivity index (χ1) is 17.0. The van der Waals surface area contributed by atoms with E-state index < -0.39 is 11.9 Å². The van der Waals surface area contributed by atoms with Gasteiger partial charge in [-0.25, -0.2) is 15.2 Å². The molecule has 9 nitrogen and oxygen atoms in total. The van der Waals surface area contributed by atoms with Crippen molar-refractivity contribution in [1.29, 1.82) is 0 Å². The lowest BCUT2D eigenvalue weighted by Gasteiger charge is -2.41. The van der Waals surface area contributed by atoms with E-state index in [4.69, 9.17) is 10.6 Å². The van der Waals surface area contributed by atoms with Gasteiger partial charge in [-0.2, -0.15) is 0 Å². The van der Waals surface area contributed by atoms with E-state index in [0.29, 0.717) is 47.1 Å². The third-order valence-electron chi connectivity index (χ3n) is 6.31. The number of aliphatic imine (C=N–C) groups is 1. The van der Waals surface area contributed by atoms with Gasteiger partial charge in [0, 0.05) is 36.6 Å². The summed E-state index contributed by atoms with van der Waals surface area (Å²) in [5.41, 5.74) is 4.52. The highest BCUT2D eigenvalue weighted by atomic mass is 19.1. The van der Waals surface area contributed by atoms with Crippen LogP contribution in [0.15, 0.2) is 71.4 Å². The summed E-state index contributed by atoms with van der Waals surface area (Å²) in [4.78, 5) is 33.0. The number of benzene rings is 1. The lowest BCUT2D eigenvalue weighted by Crippen LogP contribution is -2.47. The van der Waals surface area contributed by atoms with Gasteiger partial charge in [-0.15, -0.1) is 0 Å². The van der Waals surface area contributed by atoms with E-state index in [0.717, 1.165) is 11.1 Å². The number of hydrazine groups is 1. The number of likely N-dealkylation sites (tertiary alicyclic amines) is 1. The van der Waals surface area contributed by atoms with Crippen LogP contribution in [0, 0.1) is 5.82 Å². The third kappa shape index (κ3) is 4.24. The molecule has 0 saturated carbocycles. The van der Waals surface area contributed by atoms with Crippen LogP contribution in [-0.4, -0.2) is 50.3 Å². The summed E-state index contributed by atoms with van der Waals surface area (Å²) >= 11 is 0. The first-order valence-electron chi connectivity index (χ1n) is 11.1. The number of methoxy groups -OCH3 is 1. The number of nitrogens with two attached hydrogens (primary N) is 1. The molecule has 0 spiro atoms. The molecule has 0 radical (unpaired) electrons. The summed E-state index contributed by atoms with van der Waals surface area (Å²) < 4.78 is 19.7. The van der Waals surface area contributed by atoms with E-state index in [2.05, 4.69) is 19.9 Å². The number of ether oxygens (including phenoxy) is 1. The summed E-state index contributed by atoms with van der Waals surface area (Å²) in [5.74, 6) is 5.77. The maximum absolute atomic E-state index is 14.4. The fraction of sp³-hybridized carbons (Fsp3) is 0.240. The second-order valence-corrected chi connectivity index (χ2v) is 8.36. The average Bonchev–Trinajstić information content (AvgIpc) is 2.88. The molecule has 10 heteroatoms. The number of allylic oxidation sites excluding steroid dienone is 1. The molecule has 2 aliphatic rings. The Morgan fingerprint density at radius 1 is 1.17 bits per heavy atom. The number of fused-ring (bicyclic) bond motifs is 1. The second kappa shape index (κ2) is 9.22. The summed E-state index contributed by atoms with van der Waals surface area (Å²) in [7, 11) is 1.49. The molecule has 2 aromatic heterocycles. The molecule has 1 fully saturated rings. The SMILES string of the molecule is COc1cncc(-c2cc(F)ccc2[C@H]2CC3=NCN(N)C(C)=C3C(=O)N2Cc2ccncc2)n1. The van der Waals surface area contributed by atoms with Crippen LogP contribution in [0.3, 0.4) is 0 Å². The molecule has 0 aliphatic carbocycles. The van der Waals surface area contributed by atoms with Gasteiger partial charge in [0.1, 0.15) is 12.5 Å². The number of piperidine rings is 1. The number of pyridine rings is 1. The maximum Gasteiger partial charge on any atom is 0.258 e. The normalized spacial score (nSPS) is 17.9. The number of carbonyl (C=O) groups is 1. The molecule has 2 aliphatic heterocycles. The Kier molecular flexibility index (Phi) is 5.96. The molecule has 178 valence electrons. The van der Waals surface area contributed by atoms with E-state index in [1.54, 1.807) is 29.6 Å². The van der Waals surface area contributed by atoms with Gasteiger partial charge in [-0.3, -0.25) is 24.8 Å². The maximum atomic E-state index is 14.4. The first-order valence-corrected chi connectivity index (χ1v) is 11.1. The van der Waals surface area contributed by atoms with Gasteiger partial charge in [0.05, 0.1) is 42.5 Å². The van der Waals surface area contributed by atoms with Crippen molar-refractivity contribution in [3.8, 4) is 17.1 Å². The standard InChI is InChI=1S/C25H24FN7O2/c1-15-24-20(30-14-33(15)27)10-22(32(25(24)34)13-16-5-7-28-8-6-16)18-4-3-17(26)9-19(18)21-11-29-12-23(31-21)35-2/h3-9,11-12,22H,10,13-14,27H2,1-2H3/t22-/m1/s1. The molecule has 35 heavy (non-hydrogen) atoms.